The number of piperidine rings is 1. The number of aliphatic carboxylic acids is 1. The molecule has 478 valence electrons. The van der Waals surface area contributed by atoms with Crippen molar-refractivity contribution in [2.45, 2.75) is 207 Å². The van der Waals surface area contributed by atoms with Crippen LogP contribution in [0.3, 0.4) is 0 Å². The molecule has 21 nitrogen and oxygen atoms in total. The van der Waals surface area contributed by atoms with Gasteiger partial charge >= 0.3 is 11.9 Å². The first-order chi connectivity index (χ1) is 40.6. The molecule has 2 fully saturated rings. The summed E-state index contributed by atoms with van der Waals surface area (Å²) < 4.78 is 5.93. The number of imide groups is 1. The van der Waals surface area contributed by atoms with Gasteiger partial charge in [-0.05, 0) is 93.7 Å². The van der Waals surface area contributed by atoms with E-state index in [4.69, 9.17) is 16.2 Å². The van der Waals surface area contributed by atoms with Crippen LogP contribution in [0.2, 0.25) is 0 Å². The molecular formula is C63H96N8O13S2. The van der Waals surface area contributed by atoms with Crippen LogP contribution < -0.4 is 22.1 Å². The molecule has 4 rings (SSSR count). The highest BCUT2D eigenvalue weighted by atomic mass is 32.2. The number of nitrogens with zero attached hydrogens (tertiary/aromatic N) is 4. The summed E-state index contributed by atoms with van der Waals surface area (Å²) in [5, 5.41) is 17.1. The number of thiazole rings is 1. The van der Waals surface area contributed by atoms with Gasteiger partial charge in [-0.1, -0.05) is 98.9 Å². The van der Waals surface area contributed by atoms with Crippen LogP contribution in [0.4, 0.5) is 0 Å². The molecule has 7 N–H and O–H groups in total. The fourth-order valence-corrected chi connectivity index (χ4v) is 13.0. The number of carbonyl (C=O) groups is 11. The number of rotatable bonds is 38. The number of Topliss-reactive ketones (excluding diaryl/α,β-unsaturated/α-hetero) is 3. The van der Waals surface area contributed by atoms with E-state index >= 15 is 0 Å². The van der Waals surface area contributed by atoms with Gasteiger partial charge in [-0.15, -0.1) is 11.3 Å². The third-order valence-electron chi connectivity index (χ3n) is 17.0. The standard InChI is InChI=1S/C63H96N8O13S2/c1-12-25-70(61(80)45(38(7)13-2)31-52(74)48-19-16-17-26-69(48)10)49(37(5)6)32-54(84-40(9)72)60-68-47(35-86-60)59(79)66-43(27-39(8)63(82)83)28-41-21-23-42(24-22-41)29-51(73)46(18-14-15-20-56(65)76)67-58(78)44(36(3)4)30-53(75)50(34-64)71-57(77)33-55(85-11)62(71)81/h21-24,35-39,43-46,48-50,54-55H,12-20,25-34,64H2,1-11H3,(H2,65,76)(H,66,79)(H,67,78)(H,82,83)/t38-,39-,43+,44-,45-,46-,48+,49+,50?,54+,55?/m0/s1. The summed E-state index contributed by atoms with van der Waals surface area (Å²) in [6, 6.07) is 3.36. The van der Waals surface area contributed by atoms with Gasteiger partial charge in [-0.25, -0.2) is 4.98 Å². The van der Waals surface area contributed by atoms with Crippen molar-refractivity contribution in [1.29, 1.82) is 0 Å². The van der Waals surface area contributed by atoms with E-state index < -0.39 is 106 Å². The molecule has 2 aliphatic heterocycles. The third kappa shape index (κ3) is 21.2. The fourth-order valence-electron chi connectivity index (χ4n) is 11.6. The number of carboxylic acid groups (broad SMARTS) is 1. The van der Waals surface area contributed by atoms with Crippen molar-refractivity contribution in [3.63, 3.8) is 0 Å². The average molecular weight is 1240 g/mol. The monoisotopic (exact) mass is 1240 g/mol. The van der Waals surface area contributed by atoms with Gasteiger partial charge < -0.3 is 36.8 Å². The lowest BCUT2D eigenvalue weighted by Gasteiger charge is -2.39. The summed E-state index contributed by atoms with van der Waals surface area (Å²) in [4.78, 5) is 157. The van der Waals surface area contributed by atoms with Crippen LogP contribution in [-0.4, -0.2) is 158 Å². The van der Waals surface area contributed by atoms with Crippen molar-refractivity contribution in [1.82, 2.24) is 30.3 Å². The van der Waals surface area contributed by atoms with Gasteiger partial charge in [0, 0.05) is 87.8 Å². The maximum Gasteiger partial charge on any atom is 0.306 e. The second-order valence-corrected chi connectivity index (χ2v) is 26.2. The molecular weight excluding hydrogens is 1140 g/mol. The number of hydrogen-bond acceptors (Lipinski definition) is 17. The zero-order valence-corrected chi connectivity index (χ0v) is 54.1. The molecule has 0 spiro atoms. The molecule has 86 heavy (non-hydrogen) atoms. The quantitative estimate of drug-likeness (QED) is 0.0267. The largest absolute Gasteiger partial charge is 0.481 e. The number of likely N-dealkylation sites (tertiary alicyclic amines) is 2. The van der Waals surface area contributed by atoms with Gasteiger partial charge in [0.1, 0.15) is 16.7 Å². The number of unbranched alkanes of at least 4 members (excludes halogenated alkanes) is 1. The van der Waals surface area contributed by atoms with Crippen molar-refractivity contribution in [3.8, 4) is 0 Å². The first-order valence-corrected chi connectivity index (χ1v) is 32.8. The first kappa shape index (κ1) is 72.6. The van der Waals surface area contributed by atoms with E-state index in [0.29, 0.717) is 48.4 Å². The van der Waals surface area contributed by atoms with Gasteiger partial charge in [0.05, 0.1) is 23.3 Å². The summed E-state index contributed by atoms with van der Waals surface area (Å²) >= 11 is 2.33. The number of ether oxygens (including phenoxy) is 1. The van der Waals surface area contributed by atoms with Crippen LogP contribution in [0.5, 0.6) is 0 Å². The van der Waals surface area contributed by atoms with Crippen LogP contribution >= 0.6 is 23.1 Å². The van der Waals surface area contributed by atoms with Crippen molar-refractivity contribution in [2.75, 3.05) is 32.9 Å². The SMILES string of the molecule is CCCN(C(=O)[C@@H](CC(=O)[C@H]1CCCCN1C)[C@@H](C)CC)[C@H](C[C@@H](OC(C)=O)c1nc(C(=O)N[C@@H](Cc2ccc(CC(=O)[C@H](CCCCC(N)=O)NC(=O)[C@@H](CC(=O)C(CN)N3C(=O)CC(SC)C3=O)C(C)C)cc2)C[C@H](C)C(=O)O)cs1)C(C)C. The molecule has 0 bridgehead atoms. The average Bonchev–Trinajstić information content (AvgIpc) is 2.74. The molecule has 1 aromatic heterocycles. The Morgan fingerprint density at radius 2 is 1.57 bits per heavy atom. The van der Waals surface area contributed by atoms with E-state index in [1.54, 1.807) is 49.7 Å². The Bertz CT molecular complexity index is 2670. The van der Waals surface area contributed by atoms with Crippen LogP contribution in [-0.2, 0) is 65.5 Å². The van der Waals surface area contributed by atoms with Gasteiger partial charge in [0.2, 0.25) is 29.5 Å². The highest BCUT2D eigenvalue weighted by molar-refractivity contribution is 8.00. The van der Waals surface area contributed by atoms with Gasteiger partial charge in [-0.2, -0.15) is 11.8 Å². The maximum absolute atomic E-state index is 14.9. The highest BCUT2D eigenvalue weighted by Gasteiger charge is 2.45. The predicted molar refractivity (Wildman–Crippen MR) is 330 cm³/mol. The van der Waals surface area contributed by atoms with Crippen LogP contribution in [0.25, 0.3) is 0 Å². The summed E-state index contributed by atoms with van der Waals surface area (Å²) in [6.07, 6.45) is 5.91. The molecule has 2 aliphatic rings. The van der Waals surface area contributed by atoms with Gasteiger partial charge in [-0.3, -0.25) is 62.5 Å². The zero-order valence-electron chi connectivity index (χ0n) is 52.4. The summed E-state index contributed by atoms with van der Waals surface area (Å²) in [5.74, 6) is -8.15. The lowest BCUT2D eigenvalue weighted by Crippen LogP contribution is -2.51. The van der Waals surface area contributed by atoms with E-state index in [-0.39, 0.29) is 105 Å². The molecule has 2 aromatic rings. The molecule has 0 radical (unpaired) electrons. The maximum atomic E-state index is 14.9. The van der Waals surface area contributed by atoms with E-state index in [1.165, 1.54) is 25.6 Å². The Hall–Kier alpha value is -5.91. The third-order valence-corrected chi connectivity index (χ3v) is 18.8. The number of esters is 1. The number of nitrogens with two attached hydrogens (primary N) is 2. The molecule has 1 aromatic carbocycles. The minimum atomic E-state index is -1.24. The van der Waals surface area contributed by atoms with Crippen LogP contribution in [0, 0.1) is 35.5 Å². The number of ketones is 3. The Morgan fingerprint density at radius 3 is 2.13 bits per heavy atom. The molecule has 2 saturated heterocycles. The lowest BCUT2D eigenvalue weighted by atomic mass is 9.82. The molecule has 6 amide bonds. The number of thioether (sulfide) groups is 1. The topological polar surface area (TPSA) is 316 Å². The molecule has 2 unspecified atom stereocenters. The molecule has 11 atom stereocenters. The fraction of sp³-hybridized carbons (Fsp3) is 0.683. The molecule has 3 heterocycles. The van der Waals surface area contributed by atoms with E-state index in [1.807, 2.05) is 46.6 Å². The number of primary amides is 1. The Balaban J connectivity index is 1.52. The zero-order chi connectivity index (χ0) is 64.1. The normalized spacial score (nSPS) is 18.7. The number of aromatic nitrogens is 1. The predicted octanol–water partition coefficient (Wildman–Crippen LogP) is 6.65. The number of nitrogens with one attached hydrogen (secondary N) is 2. The van der Waals surface area contributed by atoms with Crippen LogP contribution in [0.1, 0.15) is 185 Å². The second kappa shape index (κ2) is 35.2. The van der Waals surface area contributed by atoms with Gasteiger partial charge in [0.15, 0.2) is 23.5 Å². The van der Waals surface area contributed by atoms with Crippen molar-refractivity contribution >= 4 is 87.8 Å². The van der Waals surface area contributed by atoms with Crippen molar-refractivity contribution < 1.29 is 62.6 Å². The number of benzene rings is 1. The number of amides is 6. The van der Waals surface area contributed by atoms with Crippen molar-refractivity contribution in [2.24, 2.45) is 47.0 Å². The Morgan fingerprint density at radius 1 is 0.895 bits per heavy atom. The van der Waals surface area contributed by atoms with E-state index in [2.05, 4.69) is 20.5 Å². The number of carboxylic acids is 1. The number of likely N-dealkylation sites (N-methyl/N-ethyl adjacent to an activating group) is 1. The Kier molecular flexibility index (Phi) is 29.7. The summed E-state index contributed by atoms with van der Waals surface area (Å²) in [6.45, 7) is 17.3. The minimum Gasteiger partial charge on any atom is -0.481 e. The molecule has 23 heteroatoms. The number of hydrogen-bond donors (Lipinski definition) is 5. The second-order valence-electron chi connectivity index (χ2n) is 24.3. The number of carbonyl (C=O) groups excluding carboxylic acids is 10. The first-order valence-electron chi connectivity index (χ1n) is 30.7. The Labute approximate surface area is 516 Å². The molecule has 0 saturated carbocycles. The van der Waals surface area contributed by atoms with E-state index in [9.17, 15) is 57.8 Å². The van der Waals surface area contributed by atoms with Crippen molar-refractivity contribution in [3.05, 3.63) is 51.5 Å². The lowest BCUT2D eigenvalue weighted by molar-refractivity contribution is -0.150. The summed E-state index contributed by atoms with van der Waals surface area (Å²) in [7, 11) is 1.97. The highest BCUT2D eigenvalue weighted by Crippen LogP contribution is 2.34. The van der Waals surface area contributed by atoms with Crippen LogP contribution in [0.15, 0.2) is 29.6 Å². The summed E-state index contributed by atoms with van der Waals surface area (Å²) in [5.41, 5.74) is 12.7. The minimum absolute atomic E-state index is 0.0244. The molecule has 0 aliphatic carbocycles. The smallest absolute Gasteiger partial charge is 0.306 e. The van der Waals surface area contributed by atoms with Gasteiger partial charge in [0.25, 0.3) is 5.91 Å². The van der Waals surface area contributed by atoms with E-state index in [0.717, 1.165) is 42.0 Å².